The zero-order valence-electron chi connectivity index (χ0n) is 15.6. The zero-order valence-corrected chi connectivity index (χ0v) is 16.4. The molecule has 0 fully saturated rings. The van der Waals surface area contributed by atoms with Crippen molar-refractivity contribution in [1.82, 2.24) is 5.16 Å². The van der Waals surface area contributed by atoms with Crippen LogP contribution in [0.2, 0.25) is 0 Å². The van der Waals surface area contributed by atoms with Crippen LogP contribution in [-0.4, -0.2) is 19.5 Å². The number of nitrogens with one attached hydrogen (secondary N) is 2. The summed E-state index contributed by atoms with van der Waals surface area (Å²) < 4.78 is 37.9. The number of benzene rings is 2. The van der Waals surface area contributed by atoms with E-state index in [-0.39, 0.29) is 16.5 Å². The van der Waals surface area contributed by atoms with Gasteiger partial charge in [0.15, 0.2) is 5.76 Å². The first-order chi connectivity index (χ1) is 13.8. The molecule has 0 radical (unpaired) electrons. The molecule has 0 aliphatic heterocycles. The number of aryl methyl sites for hydroxylation is 1. The van der Waals surface area contributed by atoms with E-state index in [4.69, 9.17) is 8.94 Å². The van der Waals surface area contributed by atoms with Crippen molar-refractivity contribution in [2.24, 2.45) is 0 Å². The maximum Gasteiger partial charge on any atom is 0.291 e. The minimum absolute atomic E-state index is 0.0210. The van der Waals surface area contributed by atoms with E-state index in [2.05, 4.69) is 15.2 Å². The number of hydrogen-bond donors (Lipinski definition) is 2. The number of nitrogens with zero attached hydrogens (tertiary/aromatic N) is 1. The van der Waals surface area contributed by atoms with Crippen molar-refractivity contribution in [2.45, 2.75) is 18.7 Å². The van der Waals surface area contributed by atoms with Crippen molar-refractivity contribution in [3.05, 3.63) is 71.6 Å². The molecule has 0 unspecified atom stereocenters. The quantitative estimate of drug-likeness (QED) is 0.511. The highest BCUT2D eigenvalue weighted by Gasteiger charge is 2.19. The fourth-order valence-corrected chi connectivity index (χ4v) is 3.74. The van der Waals surface area contributed by atoms with E-state index < -0.39 is 15.9 Å². The molecular weight excluding hydrogens is 394 g/mol. The second-order valence-corrected chi connectivity index (χ2v) is 8.14. The van der Waals surface area contributed by atoms with Gasteiger partial charge in [-0.25, -0.2) is 13.1 Å². The molecule has 4 aromatic rings. The van der Waals surface area contributed by atoms with Crippen molar-refractivity contribution < 1.29 is 22.2 Å². The van der Waals surface area contributed by atoms with Crippen LogP contribution in [0, 0.1) is 13.8 Å². The van der Waals surface area contributed by atoms with E-state index in [0.29, 0.717) is 22.5 Å². The summed E-state index contributed by atoms with van der Waals surface area (Å²) in [6.45, 7) is 3.43. The highest BCUT2D eigenvalue weighted by Crippen LogP contribution is 2.23. The summed E-state index contributed by atoms with van der Waals surface area (Å²) in [6.07, 6.45) is 0. The van der Waals surface area contributed by atoms with Crippen LogP contribution in [0.1, 0.15) is 21.8 Å². The van der Waals surface area contributed by atoms with Gasteiger partial charge >= 0.3 is 0 Å². The summed E-state index contributed by atoms with van der Waals surface area (Å²) in [5.74, 6) is -0.187. The van der Waals surface area contributed by atoms with E-state index in [9.17, 15) is 13.2 Å². The molecule has 1 amide bonds. The summed E-state index contributed by atoms with van der Waals surface area (Å²) in [7, 11) is -3.85. The molecule has 0 aliphatic rings. The van der Waals surface area contributed by atoms with E-state index in [1.54, 1.807) is 26.0 Å². The molecule has 0 saturated heterocycles. The second-order valence-electron chi connectivity index (χ2n) is 6.45. The standard InChI is InChI=1S/C20H17N3O5S/c1-12-13(2)22-28-20(12)23-29(25,26)16-9-7-15(8-10-16)21-19(24)18-11-14-5-3-4-6-17(14)27-18/h3-11,23H,1-2H3,(H,21,24). The molecule has 0 atom stereocenters. The molecular formula is C20H17N3O5S. The molecule has 2 N–H and O–H groups in total. The zero-order chi connectivity index (χ0) is 20.6. The van der Waals surface area contributed by atoms with Crippen LogP contribution in [0.3, 0.4) is 0 Å². The van der Waals surface area contributed by atoms with E-state index in [1.807, 2.05) is 18.2 Å². The number of amides is 1. The molecule has 148 valence electrons. The smallest absolute Gasteiger partial charge is 0.291 e. The van der Waals surface area contributed by atoms with Crippen LogP contribution in [-0.2, 0) is 10.0 Å². The van der Waals surface area contributed by atoms with Gasteiger partial charge in [-0.15, -0.1) is 0 Å². The van der Waals surface area contributed by atoms with Crippen LogP contribution in [0.5, 0.6) is 0 Å². The van der Waals surface area contributed by atoms with Crippen molar-refractivity contribution in [1.29, 1.82) is 0 Å². The van der Waals surface area contributed by atoms with Gasteiger partial charge in [0.25, 0.3) is 15.9 Å². The molecule has 9 heteroatoms. The Labute approximate surface area is 166 Å². The number of rotatable bonds is 5. The van der Waals surface area contributed by atoms with Crippen molar-refractivity contribution in [2.75, 3.05) is 10.0 Å². The van der Waals surface area contributed by atoms with Gasteiger partial charge in [-0.05, 0) is 50.2 Å². The Morgan fingerprint density at radius 3 is 2.41 bits per heavy atom. The molecule has 0 aliphatic carbocycles. The number of hydrogen-bond acceptors (Lipinski definition) is 6. The van der Waals surface area contributed by atoms with Gasteiger partial charge in [-0.2, -0.15) is 0 Å². The minimum atomic E-state index is -3.85. The van der Waals surface area contributed by atoms with Crippen LogP contribution in [0.15, 0.2) is 68.4 Å². The predicted molar refractivity (Wildman–Crippen MR) is 107 cm³/mol. The van der Waals surface area contributed by atoms with Gasteiger partial charge in [0.2, 0.25) is 5.88 Å². The van der Waals surface area contributed by atoms with Crippen molar-refractivity contribution in [3.63, 3.8) is 0 Å². The average molecular weight is 411 g/mol. The lowest BCUT2D eigenvalue weighted by Gasteiger charge is -2.07. The first kappa shape index (κ1) is 18.8. The van der Waals surface area contributed by atoms with Crippen LogP contribution in [0.25, 0.3) is 11.0 Å². The molecule has 2 aromatic carbocycles. The first-order valence-electron chi connectivity index (χ1n) is 8.69. The number of para-hydroxylation sites is 1. The SMILES string of the molecule is Cc1noc(NS(=O)(=O)c2ccc(NC(=O)c3cc4ccccc4o3)cc2)c1C. The van der Waals surface area contributed by atoms with Crippen LogP contribution in [0.4, 0.5) is 11.6 Å². The Morgan fingerprint density at radius 2 is 1.76 bits per heavy atom. The van der Waals surface area contributed by atoms with Gasteiger partial charge in [0.05, 0.1) is 10.6 Å². The Balaban J connectivity index is 1.49. The molecule has 29 heavy (non-hydrogen) atoms. The molecule has 0 saturated carbocycles. The van der Waals surface area contributed by atoms with E-state index in [0.717, 1.165) is 5.39 Å². The lowest BCUT2D eigenvalue weighted by atomic mass is 10.2. The van der Waals surface area contributed by atoms with Gasteiger partial charge in [-0.3, -0.25) is 4.79 Å². The monoisotopic (exact) mass is 411 g/mol. The highest BCUT2D eigenvalue weighted by molar-refractivity contribution is 7.92. The van der Waals surface area contributed by atoms with Gasteiger partial charge < -0.3 is 14.3 Å². The summed E-state index contributed by atoms with van der Waals surface area (Å²) in [4.78, 5) is 12.4. The average Bonchev–Trinajstić information content (AvgIpc) is 3.27. The summed E-state index contributed by atoms with van der Waals surface area (Å²) in [5, 5.41) is 7.23. The number of furan rings is 1. The van der Waals surface area contributed by atoms with E-state index >= 15 is 0 Å². The Bertz CT molecular complexity index is 1270. The third kappa shape index (κ3) is 3.72. The number of carbonyl (C=O) groups excluding carboxylic acids is 1. The van der Waals surface area contributed by atoms with Gasteiger partial charge in [0.1, 0.15) is 5.58 Å². The Hall–Kier alpha value is -3.59. The number of fused-ring (bicyclic) bond motifs is 1. The Kier molecular flexibility index (Phi) is 4.59. The molecule has 8 nitrogen and oxygen atoms in total. The van der Waals surface area contributed by atoms with Crippen LogP contribution >= 0.6 is 0 Å². The lowest BCUT2D eigenvalue weighted by molar-refractivity contribution is 0.0998. The summed E-state index contributed by atoms with van der Waals surface area (Å²) in [5.41, 5.74) is 2.26. The maximum atomic E-state index is 12.5. The summed E-state index contributed by atoms with van der Waals surface area (Å²) >= 11 is 0. The topological polar surface area (TPSA) is 114 Å². The van der Waals surface area contributed by atoms with E-state index in [1.165, 1.54) is 24.3 Å². The fourth-order valence-electron chi connectivity index (χ4n) is 2.70. The number of sulfonamides is 1. The number of aromatic nitrogens is 1. The third-order valence-electron chi connectivity index (χ3n) is 4.46. The maximum absolute atomic E-state index is 12.5. The molecule has 2 aromatic heterocycles. The second kappa shape index (κ2) is 7.10. The van der Waals surface area contributed by atoms with Crippen LogP contribution < -0.4 is 10.0 Å². The predicted octanol–water partition coefficient (Wildman–Crippen LogP) is 4.09. The number of carbonyl (C=O) groups is 1. The normalized spacial score (nSPS) is 11.5. The lowest BCUT2D eigenvalue weighted by Crippen LogP contribution is -2.14. The minimum Gasteiger partial charge on any atom is -0.451 e. The van der Waals surface area contributed by atoms with Crippen molar-refractivity contribution >= 4 is 38.5 Å². The Morgan fingerprint density at radius 1 is 1.03 bits per heavy atom. The fraction of sp³-hybridized carbons (Fsp3) is 0.100. The molecule has 0 bridgehead atoms. The molecule has 2 heterocycles. The number of anilines is 2. The molecule has 0 spiro atoms. The largest absolute Gasteiger partial charge is 0.451 e. The highest BCUT2D eigenvalue weighted by atomic mass is 32.2. The first-order valence-corrected chi connectivity index (χ1v) is 10.2. The van der Waals surface area contributed by atoms with Crippen molar-refractivity contribution in [3.8, 4) is 0 Å². The van der Waals surface area contributed by atoms with Gasteiger partial charge in [-0.1, -0.05) is 23.4 Å². The molecule has 4 rings (SSSR count). The van der Waals surface area contributed by atoms with Gasteiger partial charge in [0, 0.05) is 16.6 Å². The third-order valence-corrected chi connectivity index (χ3v) is 5.80. The summed E-state index contributed by atoms with van der Waals surface area (Å²) in [6, 6.07) is 14.7.